The van der Waals surface area contributed by atoms with Crippen LogP contribution in [0.5, 0.6) is 5.88 Å². The van der Waals surface area contributed by atoms with Gasteiger partial charge in [0.25, 0.3) is 0 Å². The van der Waals surface area contributed by atoms with Gasteiger partial charge in [0, 0.05) is 38.2 Å². The lowest BCUT2D eigenvalue weighted by Gasteiger charge is -2.20. The molecule has 0 aliphatic carbocycles. The second-order valence-electron chi connectivity index (χ2n) is 5.99. The van der Waals surface area contributed by atoms with E-state index in [2.05, 4.69) is 10.3 Å². The van der Waals surface area contributed by atoms with E-state index in [1.165, 1.54) is 6.07 Å². The minimum Gasteiger partial charge on any atom is -0.472 e. The Balaban J connectivity index is 1.53. The van der Waals surface area contributed by atoms with Crippen LogP contribution in [0.1, 0.15) is 18.4 Å². The molecular formula is C15H17F4N3O2. The van der Waals surface area contributed by atoms with E-state index in [-0.39, 0.29) is 30.9 Å². The number of pyridine rings is 1. The first-order chi connectivity index (χ1) is 11.3. The first-order valence-electron chi connectivity index (χ1n) is 7.69. The Kier molecular flexibility index (Phi) is 4.62. The highest BCUT2D eigenvalue weighted by atomic mass is 19.4. The van der Waals surface area contributed by atoms with Crippen LogP contribution in [0.25, 0.3) is 0 Å². The van der Waals surface area contributed by atoms with Gasteiger partial charge in [-0.05, 0) is 6.07 Å². The molecule has 1 aromatic rings. The summed E-state index contributed by atoms with van der Waals surface area (Å²) in [6.07, 6.45) is -4.34. The van der Waals surface area contributed by atoms with Gasteiger partial charge in [0.15, 0.2) is 0 Å². The number of nitrogens with one attached hydrogen (secondary N) is 1. The molecule has 2 saturated heterocycles. The van der Waals surface area contributed by atoms with Gasteiger partial charge in [0.1, 0.15) is 12.3 Å². The Morgan fingerprint density at radius 1 is 1.38 bits per heavy atom. The number of halogens is 4. The zero-order valence-corrected chi connectivity index (χ0v) is 12.7. The summed E-state index contributed by atoms with van der Waals surface area (Å²) in [4.78, 5) is 17.5. The standard InChI is InChI=1S/C15H17F4N3O2/c16-10-5-12(20-7-10)14(23)22-4-3-11(8-22)24-13-2-1-9(6-21-13)15(17,18)19/h1-2,6,10-12,20H,3-5,7-8H2/t10-,11?,12+/m0/s1. The molecule has 3 heterocycles. The van der Waals surface area contributed by atoms with Crippen LogP contribution in [0.4, 0.5) is 17.6 Å². The van der Waals surface area contributed by atoms with E-state index in [0.29, 0.717) is 19.5 Å². The van der Waals surface area contributed by atoms with Crippen LogP contribution in [-0.2, 0) is 11.0 Å². The zero-order valence-electron chi connectivity index (χ0n) is 12.7. The van der Waals surface area contributed by atoms with Crippen molar-refractivity contribution in [3.8, 4) is 5.88 Å². The number of likely N-dealkylation sites (tertiary alicyclic amines) is 1. The first-order valence-corrected chi connectivity index (χ1v) is 7.69. The fraction of sp³-hybridized carbons (Fsp3) is 0.600. The van der Waals surface area contributed by atoms with Crippen molar-refractivity contribution in [2.45, 2.75) is 37.3 Å². The van der Waals surface area contributed by atoms with Gasteiger partial charge in [0.05, 0.1) is 18.2 Å². The van der Waals surface area contributed by atoms with Crippen LogP contribution in [-0.4, -0.2) is 53.7 Å². The average molecular weight is 347 g/mol. The third kappa shape index (κ3) is 3.77. The number of aromatic nitrogens is 1. The molecule has 3 atom stereocenters. The smallest absolute Gasteiger partial charge is 0.417 e. The van der Waals surface area contributed by atoms with Crippen molar-refractivity contribution in [2.75, 3.05) is 19.6 Å². The van der Waals surface area contributed by atoms with Gasteiger partial charge in [-0.1, -0.05) is 0 Å². The Morgan fingerprint density at radius 3 is 2.75 bits per heavy atom. The highest BCUT2D eigenvalue weighted by Gasteiger charge is 2.36. The summed E-state index contributed by atoms with van der Waals surface area (Å²) in [5.74, 6) is -0.0771. The number of hydrogen-bond acceptors (Lipinski definition) is 4. The fourth-order valence-electron chi connectivity index (χ4n) is 2.91. The zero-order chi connectivity index (χ0) is 17.3. The SMILES string of the molecule is O=C([C@H]1C[C@H](F)CN1)N1CCC(Oc2ccc(C(F)(F)F)cn2)C1. The molecule has 2 fully saturated rings. The summed E-state index contributed by atoms with van der Waals surface area (Å²) in [6.45, 7) is 0.968. The molecule has 9 heteroatoms. The highest BCUT2D eigenvalue weighted by molar-refractivity contribution is 5.82. The third-order valence-corrected chi connectivity index (χ3v) is 4.18. The van der Waals surface area contributed by atoms with Crippen LogP contribution in [0.3, 0.4) is 0 Å². The summed E-state index contributed by atoms with van der Waals surface area (Å²) < 4.78 is 56.1. The predicted octanol–water partition coefficient (Wildman–Crippen LogP) is 1.78. The Bertz CT molecular complexity index is 593. The number of alkyl halides is 4. The van der Waals surface area contributed by atoms with Crippen molar-refractivity contribution in [2.24, 2.45) is 0 Å². The maximum atomic E-state index is 13.2. The lowest BCUT2D eigenvalue weighted by Crippen LogP contribution is -2.43. The van der Waals surface area contributed by atoms with Crippen molar-refractivity contribution >= 4 is 5.91 Å². The lowest BCUT2D eigenvalue weighted by molar-refractivity contribution is -0.138. The van der Waals surface area contributed by atoms with Crippen molar-refractivity contribution in [1.29, 1.82) is 0 Å². The number of ether oxygens (including phenoxy) is 1. The number of carbonyl (C=O) groups is 1. The molecule has 0 bridgehead atoms. The molecule has 1 unspecified atom stereocenters. The quantitative estimate of drug-likeness (QED) is 0.847. The topological polar surface area (TPSA) is 54.5 Å². The average Bonchev–Trinajstić information content (AvgIpc) is 3.15. The molecule has 1 aromatic heterocycles. The van der Waals surface area contributed by atoms with Gasteiger partial charge < -0.3 is 15.0 Å². The second-order valence-corrected chi connectivity index (χ2v) is 5.99. The summed E-state index contributed by atoms with van der Waals surface area (Å²) in [5.41, 5.74) is -0.842. The minimum absolute atomic E-state index is 0.0881. The molecule has 2 aliphatic rings. The van der Waals surface area contributed by atoms with Crippen LogP contribution in [0.15, 0.2) is 18.3 Å². The van der Waals surface area contributed by atoms with Crippen LogP contribution in [0.2, 0.25) is 0 Å². The number of rotatable bonds is 3. The number of hydrogen-bond donors (Lipinski definition) is 1. The fourth-order valence-corrected chi connectivity index (χ4v) is 2.91. The van der Waals surface area contributed by atoms with Crippen LogP contribution < -0.4 is 10.1 Å². The molecule has 24 heavy (non-hydrogen) atoms. The summed E-state index contributed by atoms with van der Waals surface area (Å²) in [6, 6.07) is 1.56. The molecule has 0 saturated carbocycles. The van der Waals surface area contributed by atoms with Crippen molar-refractivity contribution in [3.05, 3.63) is 23.9 Å². The minimum atomic E-state index is -4.44. The van der Waals surface area contributed by atoms with E-state index in [9.17, 15) is 22.4 Å². The maximum Gasteiger partial charge on any atom is 0.417 e. The normalized spacial score (nSPS) is 27.5. The summed E-state index contributed by atoms with van der Waals surface area (Å²) >= 11 is 0. The van der Waals surface area contributed by atoms with Crippen molar-refractivity contribution in [1.82, 2.24) is 15.2 Å². The molecule has 132 valence electrons. The summed E-state index contributed by atoms with van der Waals surface area (Å²) in [5, 5.41) is 2.84. The van der Waals surface area contributed by atoms with E-state index in [1.807, 2.05) is 0 Å². The Labute approximate surface area is 136 Å². The molecule has 3 rings (SSSR count). The van der Waals surface area contributed by atoms with Gasteiger partial charge in [-0.2, -0.15) is 13.2 Å². The maximum absolute atomic E-state index is 13.2. The largest absolute Gasteiger partial charge is 0.472 e. The van der Waals surface area contributed by atoms with Crippen LogP contribution >= 0.6 is 0 Å². The van der Waals surface area contributed by atoms with Gasteiger partial charge in [-0.3, -0.25) is 4.79 Å². The number of carbonyl (C=O) groups excluding carboxylic acids is 1. The van der Waals surface area contributed by atoms with Gasteiger partial charge >= 0.3 is 6.18 Å². The van der Waals surface area contributed by atoms with E-state index in [0.717, 1.165) is 12.3 Å². The van der Waals surface area contributed by atoms with Crippen molar-refractivity contribution in [3.63, 3.8) is 0 Å². The molecule has 0 aromatic carbocycles. The molecule has 0 radical (unpaired) electrons. The van der Waals surface area contributed by atoms with Gasteiger partial charge in [0.2, 0.25) is 11.8 Å². The number of amides is 1. The molecule has 0 spiro atoms. The van der Waals surface area contributed by atoms with E-state index >= 15 is 0 Å². The van der Waals surface area contributed by atoms with Gasteiger partial charge in [-0.25, -0.2) is 9.37 Å². The second kappa shape index (κ2) is 6.54. The molecular weight excluding hydrogens is 330 g/mol. The van der Waals surface area contributed by atoms with Crippen molar-refractivity contribution < 1.29 is 27.1 Å². The highest BCUT2D eigenvalue weighted by Crippen LogP contribution is 2.29. The molecule has 1 amide bonds. The third-order valence-electron chi connectivity index (χ3n) is 4.18. The van der Waals surface area contributed by atoms with Crippen LogP contribution in [0, 0.1) is 0 Å². The Morgan fingerprint density at radius 2 is 2.17 bits per heavy atom. The molecule has 5 nitrogen and oxygen atoms in total. The summed E-state index contributed by atoms with van der Waals surface area (Å²) in [7, 11) is 0. The van der Waals surface area contributed by atoms with Gasteiger partial charge in [-0.15, -0.1) is 0 Å². The first kappa shape index (κ1) is 16.9. The Hall–Kier alpha value is -1.90. The van der Waals surface area contributed by atoms with E-state index < -0.39 is 24.0 Å². The molecule has 1 N–H and O–H groups in total. The lowest BCUT2D eigenvalue weighted by atomic mass is 10.2. The van der Waals surface area contributed by atoms with E-state index in [4.69, 9.17) is 4.74 Å². The molecule has 2 aliphatic heterocycles. The monoisotopic (exact) mass is 347 g/mol. The number of nitrogens with zero attached hydrogens (tertiary/aromatic N) is 2. The van der Waals surface area contributed by atoms with E-state index in [1.54, 1.807) is 4.90 Å². The predicted molar refractivity (Wildman–Crippen MR) is 76.2 cm³/mol.